The van der Waals surface area contributed by atoms with E-state index < -0.39 is 5.82 Å². The number of aromatic nitrogens is 2. The average Bonchev–Trinajstić information content (AvgIpc) is 3.06. The predicted molar refractivity (Wildman–Crippen MR) is 179 cm³/mol. The van der Waals surface area contributed by atoms with Gasteiger partial charge >= 0.3 is 0 Å². The van der Waals surface area contributed by atoms with Crippen LogP contribution in [0, 0.1) is 5.82 Å². The van der Waals surface area contributed by atoms with E-state index in [4.69, 9.17) is 9.72 Å². The quantitative estimate of drug-likeness (QED) is 0.209. The van der Waals surface area contributed by atoms with Crippen molar-refractivity contribution in [3.05, 3.63) is 79.1 Å². The molecular formula is C34H39FN8O2. The van der Waals surface area contributed by atoms with Gasteiger partial charge in [-0.1, -0.05) is 12.6 Å². The molecule has 3 N–H and O–H groups in total. The first-order valence-corrected chi connectivity index (χ1v) is 15.3. The molecule has 2 fully saturated rings. The molecule has 0 spiro atoms. The monoisotopic (exact) mass is 610 g/mol. The molecule has 1 aromatic heterocycles. The molecule has 2 aliphatic rings. The number of nitrogens with zero attached hydrogens (tertiary/aromatic N) is 5. The number of anilines is 6. The van der Waals surface area contributed by atoms with Crippen molar-refractivity contribution in [2.45, 2.75) is 18.9 Å². The van der Waals surface area contributed by atoms with Crippen LogP contribution in [0.15, 0.2) is 73.3 Å². The van der Waals surface area contributed by atoms with Gasteiger partial charge in [-0.05, 0) is 74.5 Å². The molecule has 0 atom stereocenters. The van der Waals surface area contributed by atoms with Gasteiger partial charge in [0, 0.05) is 73.8 Å². The minimum Gasteiger partial charge on any atom is -0.494 e. The molecule has 2 aliphatic heterocycles. The van der Waals surface area contributed by atoms with Crippen LogP contribution in [0.1, 0.15) is 12.8 Å². The van der Waals surface area contributed by atoms with Gasteiger partial charge in [0.05, 0.1) is 18.3 Å². The molecule has 45 heavy (non-hydrogen) atoms. The zero-order valence-corrected chi connectivity index (χ0v) is 25.7. The summed E-state index contributed by atoms with van der Waals surface area (Å²) in [7, 11) is 3.85. The number of nitrogens with one attached hydrogen (secondary N) is 3. The van der Waals surface area contributed by atoms with Gasteiger partial charge in [0.1, 0.15) is 17.4 Å². The molecule has 11 heteroatoms. The highest BCUT2D eigenvalue weighted by atomic mass is 19.1. The summed E-state index contributed by atoms with van der Waals surface area (Å²) in [5.74, 6) is 0.700. The summed E-state index contributed by atoms with van der Waals surface area (Å²) in [6.07, 6.45) is 3.50. The number of hydrogen-bond acceptors (Lipinski definition) is 9. The maximum Gasteiger partial charge on any atom is 0.247 e. The Hall–Kier alpha value is -4.74. The Labute approximate surface area is 262 Å². The van der Waals surface area contributed by atoms with Crippen molar-refractivity contribution in [1.29, 1.82) is 0 Å². The van der Waals surface area contributed by atoms with Crippen LogP contribution in [-0.4, -0.2) is 85.1 Å². The van der Waals surface area contributed by atoms with E-state index in [1.165, 1.54) is 18.2 Å². The highest BCUT2D eigenvalue weighted by Crippen LogP contribution is 2.34. The number of methoxy groups -OCH3 is 1. The van der Waals surface area contributed by atoms with E-state index in [1.54, 1.807) is 31.4 Å². The molecule has 0 aliphatic carbocycles. The minimum atomic E-state index is -0.397. The summed E-state index contributed by atoms with van der Waals surface area (Å²) in [5.41, 5.74) is 3.64. The lowest BCUT2D eigenvalue weighted by Crippen LogP contribution is -2.52. The number of fused-ring (bicyclic) bond motifs is 1. The van der Waals surface area contributed by atoms with Crippen LogP contribution in [-0.2, 0) is 4.79 Å². The van der Waals surface area contributed by atoms with Crippen LogP contribution < -0.4 is 25.6 Å². The molecule has 3 heterocycles. The molecule has 2 saturated heterocycles. The molecule has 0 saturated carbocycles. The Balaban J connectivity index is 1.20. The van der Waals surface area contributed by atoms with Gasteiger partial charge in [0.25, 0.3) is 0 Å². The minimum absolute atomic E-state index is 0.316. The molecule has 1 amide bonds. The van der Waals surface area contributed by atoms with E-state index in [2.05, 4.69) is 61.4 Å². The molecular weight excluding hydrogens is 571 g/mol. The van der Waals surface area contributed by atoms with E-state index in [-0.39, 0.29) is 5.91 Å². The van der Waals surface area contributed by atoms with Gasteiger partial charge in [0.15, 0.2) is 0 Å². The number of ether oxygens (including phenoxy) is 1. The maximum atomic E-state index is 14.3. The summed E-state index contributed by atoms with van der Waals surface area (Å²) in [5, 5.41) is 9.83. The number of likely N-dealkylation sites (N-methyl/N-ethyl adjacent to an activating group) is 1. The third kappa shape index (κ3) is 7.16. The van der Waals surface area contributed by atoms with Gasteiger partial charge in [-0.3, -0.25) is 9.69 Å². The first-order valence-electron chi connectivity index (χ1n) is 15.3. The van der Waals surface area contributed by atoms with E-state index >= 15 is 0 Å². The zero-order chi connectivity index (χ0) is 31.3. The van der Waals surface area contributed by atoms with E-state index in [0.717, 1.165) is 63.5 Å². The van der Waals surface area contributed by atoms with Crippen molar-refractivity contribution in [3.8, 4) is 5.75 Å². The number of benzene rings is 3. The lowest BCUT2D eigenvalue weighted by molar-refractivity contribution is -0.111. The standard InChI is InChI=1S/C34H39FN8O2/c1-4-32(44)36-24-6-5-7-25(21-24)37-33-28-20-23(35)8-10-29(28)38-34(40-33)39-30-11-9-27(22-31(30)45-3)42-14-12-26(13-15-42)43-18-16-41(2)17-19-43/h4-11,20-22,26H,1,12-19H2,2-3H3,(H,36,44)(H2,37,38,39,40). The third-order valence-corrected chi connectivity index (χ3v) is 8.55. The van der Waals surface area contributed by atoms with Crippen molar-refractivity contribution in [1.82, 2.24) is 19.8 Å². The molecule has 10 nitrogen and oxygen atoms in total. The van der Waals surface area contributed by atoms with E-state index in [9.17, 15) is 9.18 Å². The number of hydrogen-bond donors (Lipinski definition) is 3. The van der Waals surface area contributed by atoms with Gasteiger partial charge < -0.3 is 30.5 Å². The number of piperidine rings is 1. The van der Waals surface area contributed by atoms with Crippen molar-refractivity contribution in [2.24, 2.45) is 0 Å². The van der Waals surface area contributed by atoms with Crippen LogP contribution in [0.5, 0.6) is 5.75 Å². The van der Waals surface area contributed by atoms with Crippen molar-refractivity contribution < 1.29 is 13.9 Å². The Morgan fingerprint density at radius 2 is 1.73 bits per heavy atom. The summed E-state index contributed by atoms with van der Waals surface area (Å²) < 4.78 is 20.1. The SMILES string of the molecule is C=CC(=O)Nc1cccc(Nc2nc(Nc3ccc(N4CCC(N5CCN(C)CC5)CC4)cc3OC)nc3ccc(F)cc23)c1. The Bertz CT molecular complexity index is 1680. The largest absolute Gasteiger partial charge is 0.494 e. The summed E-state index contributed by atoms with van der Waals surface area (Å²) in [6.45, 7) is 10.1. The fourth-order valence-corrected chi connectivity index (χ4v) is 6.03. The first-order chi connectivity index (χ1) is 21.9. The smallest absolute Gasteiger partial charge is 0.247 e. The summed E-state index contributed by atoms with van der Waals surface area (Å²) in [4.78, 5) is 28.6. The van der Waals surface area contributed by atoms with Gasteiger partial charge in [-0.15, -0.1) is 0 Å². The fourth-order valence-electron chi connectivity index (χ4n) is 6.03. The highest BCUT2D eigenvalue weighted by Gasteiger charge is 2.27. The number of piperazine rings is 1. The van der Waals surface area contributed by atoms with Crippen LogP contribution in [0.3, 0.4) is 0 Å². The summed E-state index contributed by atoms with van der Waals surface area (Å²) in [6, 6.07) is 18.3. The fraction of sp³-hybridized carbons (Fsp3) is 0.324. The zero-order valence-electron chi connectivity index (χ0n) is 25.7. The molecule has 0 bridgehead atoms. The van der Waals surface area contributed by atoms with Gasteiger partial charge in [-0.2, -0.15) is 4.98 Å². The van der Waals surface area contributed by atoms with Crippen molar-refractivity contribution in [3.63, 3.8) is 0 Å². The van der Waals surface area contributed by atoms with Gasteiger partial charge in [0.2, 0.25) is 11.9 Å². The van der Waals surface area contributed by atoms with Crippen LogP contribution in [0.2, 0.25) is 0 Å². The van der Waals surface area contributed by atoms with Crippen LogP contribution >= 0.6 is 0 Å². The second kappa shape index (κ2) is 13.5. The second-order valence-electron chi connectivity index (χ2n) is 11.5. The van der Waals surface area contributed by atoms with Crippen molar-refractivity contribution in [2.75, 3.05) is 74.3 Å². The first kappa shape index (κ1) is 30.3. The normalized spacial score (nSPS) is 16.4. The number of rotatable bonds is 9. The molecule has 6 rings (SSSR count). The predicted octanol–water partition coefficient (Wildman–Crippen LogP) is 5.61. The highest BCUT2D eigenvalue weighted by molar-refractivity contribution is 5.99. The topological polar surface area (TPSA) is 97.9 Å². The molecule has 0 unspecified atom stereocenters. The second-order valence-corrected chi connectivity index (χ2v) is 11.5. The molecule has 3 aromatic carbocycles. The molecule has 4 aromatic rings. The van der Waals surface area contributed by atoms with Crippen LogP contribution in [0.4, 0.5) is 38.9 Å². The van der Waals surface area contributed by atoms with E-state index in [1.807, 2.05) is 12.1 Å². The average molecular weight is 611 g/mol. The Morgan fingerprint density at radius 1 is 0.956 bits per heavy atom. The van der Waals surface area contributed by atoms with Crippen LogP contribution in [0.25, 0.3) is 10.9 Å². The van der Waals surface area contributed by atoms with Gasteiger partial charge in [-0.25, -0.2) is 9.37 Å². The Kier molecular flexibility index (Phi) is 9.08. The lowest BCUT2D eigenvalue weighted by atomic mass is 10.0. The number of halogens is 1. The summed E-state index contributed by atoms with van der Waals surface area (Å²) >= 11 is 0. The number of carbonyl (C=O) groups excluding carboxylic acids is 1. The number of amides is 1. The maximum absolute atomic E-state index is 14.3. The lowest BCUT2D eigenvalue weighted by Gasteiger charge is -2.42. The van der Waals surface area contributed by atoms with Crippen molar-refractivity contribution >= 4 is 51.3 Å². The molecule has 0 radical (unpaired) electrons. The Morgan fingerprint density at radius 3 is 2.49 bits per heavy atom. The van der Waals surface area contributed by atoms with E-state index in [0.29, 0.717) is 45.8 Å². The number of carbonyl (C=O) groups is 1. The molecule has 234 valence electrons. The third-order valence-electron chi connectivity index (χ3n) is 8.55.